The van der Waals surface area contributed by atoms with Gasteiger partial charge in [0.1, 0.15) is 17.0 Å². The van der Waals surface area contributed by atoms with Crippen molar-refractivity contribution in [3.05, 3.63) is 114 Å². The summed E-state index contributed by atoms with van der Waals surface area (Å²) in [5.41, 5.74) is 13.1. The molecular formula is C29H21N3O. The zero-order valence-corrected chi connectivity index (χ0v) is 17.9. The van der Waals surface area contributed by atoms with E-state index in [4.69, 9.17) is 15.1 Å². The molecule has 158 valence electrons. The van der Waals surface area contributed by atoms with Crippen LogP contribution in [0.1, 0.15) is 11.3 Å². The Bertz CT molecular complexity index is 1590. The van der Waals surface area contributed by atoms with Gasteiger partial charge in [0, 0.05) is 34.4 Å². The molecule has 0 radical (unpaired) electrons. The number of rotatable bonds is 4. The van der Waals surface area contributed by atoms with E-state index in [-0.39, 0.29) is 0 Å². The molecular weight excluding hydrogens is 406 g/mol. The van der Waals surface area contributed by atoms with Crippen LogP contribution in [0.4, 0.5) is 5.82 Å². The van der Waals surface area contributed by atoms with Gasteiger partial charge in [0.15, 0.2) is 5.82 Å². The molecule has 0 atom stereocenters. The molecule has 4 nitrogen and oxygen atoms in total. The number of aromatic nitrogens is 2. The highest BCUT2D eigenvalue weighted by atomic mass is 16.3. The molecule has 2 heterocycles. The Hall–Kier alpha value is -4.44. The normalized spacial score (nSPS) is 11.3. The van der Waals surface area contributed by atoms with Crippen LogP contribution in [-0.2, 0) is 6.42 Å². The molecule has 0 saturated carbocycles. The van der Waals surface area contributed by atoms with Crippen molar-refractivity contribution in [3.63, 3.8) is 0 Å². The van der Waals surface area contributed by atoms with Crippen molar-refractivity contribution in [2.24, 2.45) is 0 Å². The zero-order valence-electron chi connectivity index (χ0n) is 17.9. The standard InChI is InChI=1S/C29H21N3O/c30-27-18-22(17-19-7-2-1-3-8-19)31-29(32-27)21-15-13-20(14-16-21)23-10-6-11-25-24-9-4-5-12-26(24)33-28(23)25/h1-16,18H,17H2,(H2,30,31,32). The predicted octanol–water partition coefficient (Wildman–Crippen LogP) is 6.88. The first-order valence-electron chi connectivity index (χ1n) is 10.9. The molecule has 0 aliphatic heterocycles. The van der Waals surface area contributed by atoms with Gasteiger partial charge < -0.3 is 10.2 Å². The van der Waals surface area contributed by atoms with E-state index in [2.05, 4.69) is 53.5 Å². The predicted molar refractivity (Wildman–Crippen MR) is 134 cm³/mol. The summed E-state index contributed by atoms with van der Waals surface area (Å²) in [5, 5.41) is 2.25. The number of fused-ring (bicyclic) bond motifs is 3. The van der Waals surface area contributed by atoms with Crippen LogP contribution in [0.2, 0.25) is 0 Å². The van der Waals surface area contributed by atoms with Crippen molar-refractivity contribution in [3.8, 4) is 22.5 Å². The summed E-state index contributed by atoms with van der Waals surface area (Å²) >= 11 is 0. The molecule has 0 unspecified atom stereocenters. The van der Waals surface area contributed by atoms with E-state index >= 15 is 0 Å². The Labute approximate surface area is 191 Å². The summed E-state index contributed by atoms with van der Waals surface area (Å²) in [5.74, 6) is 1.11. The highest BCUT2D eigenvalue weighted by Gasteiger charge is 2.12. The fourth-order valence-corrected chi connectivity index (χ4v) is 4.32. The number of benzene rings is 4. The fourth-order valence-electron chi connectivity index (χ4n) is 4.32. The minimum atomic E-state index is 0.474. The van der Waals surface area contributed by atoms with E-state index in [0.717, 1.165) is 44.3 Å². The third-order valence-corrected chi connectivity index (χ3v) is 5.89. The quantitative estimate of drug-likeness (QED) is 0.333. The maximum Gasteiger partial charge on any atom is 0.161 e. The minimum Gasteiger partial charge on any atom is -0.455 e. The number of nitrogens with zero attached hydrogens (tertiary/aromatic N) is 2. The van der Waals surface area contributed by atoms with Crippen LogP contribution in [0.25, 0.3) is 44.5 Å². The summed E-state index contributed by atoms with van der Waals surface area (Å²) in [6.07, 6.45) is 0.715. The van der Waals surface area contributed by atoms with Gasteiger partial charge in [0.25, 0.3) is 0 Å². The lowest BCUT2D eigenvalue weighted by molar-refractivity contribution is 0.670. The molecule has 0 fully saturated rings. The molecule has 2 N–H and O–H groups in total. The first-order valence-corrected chi connectivity index (χ1v) is 10.9. The number of anilines is 1. The van der Waals surface area contributed by atoms with Crippen LogP contribution in [0.3, 0.4) is 0 Å². The van der Waals surface area contributed by atoms with Crippen molar-refractivity contribution in [2.75, 3.05) is 5.73 Å². The number of nitrogen functional groups attached to an aromatic ring is 1. The molecule has 0 aliphatic carbocycles. The van der Waals surface area contributed by atoms with E-state index in [1.807, 2.05) is 54.6 Å². The molecule has 0 spiro atoms. The summed E-state index contributed by atoms with van der Waals surface area (Å²) in [6.45, 7) is 0. The first-order chi connectivity index (χ1) is 16.2. The highest BCUT2D eigenvalue weighted by molar-refractivity contribution is 6.09. The Morgan fingerprint density at radius 2 is 1.39 bits per heavy atom. The van der Waals surface area contributed by atoms with Gasteiger partial charge in [0.2, 0.25) is 0 Å². The van der Waals surface area contributed by atoms with Crippen LogP contribution >= 0.6 is 0 Å². The summed E-state index contributed by atoms with van der Waals surface area (Å²) in [6, 6.07) is 34.7. The van der Waals surface area contributed by atoms with Gasteiger partial charge in [-0.1, -0.05) is 91.0 Å². The number of nitrogens with two attached hydrogens (primary N) is 1. The van der Waals surface area contributed by atoms with Gasteiger partial charge in [-0.25, -0.2) is 9.97 Å². The maximum atomic E-state index is 6.20. The molecule has 0 amide bonds. The zero-order chi connectivity index (χ0) is 22.2. The highest BCUT2D eigenvalue weighted by Crippen LogP contribution is 2.36. The van der Waals surface area contributed by atoms with Gasteiger partial charge in [-0.2, -0.15) is 0 Å². The van der Waals surface area contributed by atoms with Crippen LogP contribution < -0.4 is 5.73 Å². The molecule has 0 aliphatic rings. The lowest BCUT2D eigenvalue weighted by atomic mass is 10.0. The summed E-state index contributed by atoms with van der Waals surface area (Å²) in [4.78, 5) is 9.25. The molecule has 2 aromatic heterocycles. The second-order valence-corrected chi connectivity index (χ2v) is 8.13. The number of para-hydroxylation sites is 2. The summed E-state index contributed by atoms with van der Waals surface area (Å²) in [7, 11) is 0. The monoisotopic (exact) mass is 427 g/mol. The van der Waals surface area contributed by atoms with Crippen LogP contribution in [0.15, 0.2) is 108 Å². The van der Waals surface area contributed by atoms with Gasteiger partial charge in [-0.3, -0.25) is 0 Å². The Morgan fingerprint density at radius 3 is 2.24 bits per heavy atom. The first kappa shape index (κ1) is 19.3. The lowest BCUT2D eigenvalue weighted by Gasteiger charge is -2.08. The fraction of sp³-hybridized carbons (Fsp3) is 0.0345. The lowest BCUT2D eigenvalue weighted by Crippen LogP contribution is -2.01. The Balaban J connectivity index is 1.36. The second kappa shape index (κ2) is 7.92. The van der Waals surface area contributed by atoms with E-state index in [1.54, 1.807) is 0 Å². The second-order valence-electron chi connectivity index (χ2n) is 8.13. The van der Waals surface area contributed by atoms with Crippen molar-refractivity contribution >= 4 is 27.8 Å². The number of hydrogen-bond donors (Lipinski definition) is 1. The molecule has 0 bridgehead atoms. The topological polar surface area (TPSA) is 64.9 Å². The maximum absolute atomic E-state index is 6.20. The average Bonchev–Trinajstić information content (AvgIpc) is 3.23. The smallest absolute Gasteiger partial charge is 0.161 e. The number of hydrogen-bond acceptors (Lipinski definition) is 4. The third-order valence-electron chi connectivity index (χ3n) is 5.89. The van der Waals surface area contributed by atoms with Crippen LogP contribution in [0.5, 0.6) is 0 Å². The molecule has 33 heavy (non-hydrogen) atoms. The molecule has 0 saturated heterocycles. The van der Waals surface area contributed by atoms with E-state index in [0.29, 0.717) is 18.1 Å². The van der Waals surface area contributed by atoms with Gasteiger partial charge in [-0.15, -0.1) is 0 Å². The molecule has 4 aromatic carbocycles. The van der Waals surface area contributed by atoms with Gasteiger partial charge in [0.05, 0.1) is 5.69 Å². The Kier molecular flexibility index (Phi) is 4.62. The summed E-state index contributed by atoms with van der Waals surface area (Å²) < 4.78 is 6.20. The van der Waals surface area contributed by atoms with E-state index in [9.17, 15) is 0 Å². The van der Waals surface area contributed by atoms with Crippen LogP contribution in [-0.4, -0.2) is 9.97 Å². The average molecular weight is 428 g/mol. The van der Waals surface area contributed by atoms with E-state index in [1.165, 1.54) is 5.56 Å². The largest absolute Gasteiger partial charge is 0.455 e. The van der Waals surface area contributed by atoms with Crippen molar-refractivity contribution in [1.29, 1.82) is 0 Å². The van der Waals surface area contributed by atoms with Crippen molar-refractivity contribution in [1.82, 2.24) is 9.97 Å². The molecule has 4 heteroatoms. The molecule has 6 rings (SSSR count). The van der Waals surface area contributed by atoms with Crippen molar-refractivity contribution < 1.29 is 4.42 Å². The van der Waals surface area contributed by atoms with E-state index < -0.39 is 0 Å². The number of furan rings is 1. The van der Waals surface area contributed by atoms with Gasteiger partial charge >= 0.3 is 0 Å². The Morgan fingerprint density at radius 1 is 0.667 bits per heavy atom. The van der Waals surface area contributed by atoms with Gasteiger partial charge in [-0.05, 0) is 17.2 Å². The van der Waals surface area contributed by atoms with Crippen LogP contribution in [0, 0.1) is 0 Å². The molecule has 6 aromatic rings. The minimum absolute atomic E-state index is 0.474. The third kappa shape index (κ3) is 3.62. The van der Waals surface area contributed by atoms with Crippen molar-refractivity contribution in [2.45, 2.75) is 6.42 Å². The SMILES string of the molecule is Nc1cc(Cc2ccccc2)nc(-c2ccc(-c3cccc4c3oc3ccccc34)cc2)n1.